The summed E-state index contributed by atoms with van der Waals surface area (Å²) < 4.78 is 0.859. The Hall–Kier alpha value is -0.180. The summed E-state index contributed by atoms with van der Waals surface area (Å²) in [5, 5.41) is 8.36. The molecule has 0 spiro atoms. The first kappa shape index (κ1) is 9.90. The molecule has 5 heteroatoms. The summed E-state index contributed by atoms with van der Waals surface area (Å²) in [5.74, 6) is 1.02. The van der Waals surface area contributed by atoms with Gasteiger partial charge in [0.05, 0.1) is 11.1 Å². The first-order chi connectivity index (χ1) is 5.75. The van der Waals surface area contributed by atoms with E-state index >= 15 is 0 Å². The van der Waals surface area contributed by atoms with Gasteiger partial charge in [0.25, 0.3) is 0 Å². The predicted molar refractivity (Wildman–Crippen MR) is 59.2 cm³/mol. The molecule has 0 aromatic carbocycles. The smallest absolute Gasteiger partial charge is 0.141 e. The van der Waals surface area contributed by atoms with Crippen LogP contribution in [0.5, 0.6) is 0 Å². The molecule has 0 aromatic heterocycles. The van der Waals surface area contributed by atoms with Crippen molar-refractivity contribution in [3.8, 4) is 6.07 Å². The van der Waals surface area contributed by atoms with Gasteiger partial charge in [-0.1, -0.05) is 36.2 Å². The summed E-state index contributed by atoms with van der Waals surface area (Å²) in [7, 11) is 0. The molecule has 1 fully saturated rings. The molecular formula is C7H8N2S3. The minimum absolute atomic E-state index is 0.489. The molecule has 0 aliphatic carbocycles. The zero-order valence-electron chi connectivity index (χ0n) is 6.45. The van der Waals surface area contributed by atoms with Gasteiger partial charge in [-0.15, -0.1) is 0 Å². The zero-order valence-corrected chi connectivity index (χ0v) is 8.90. The first-order valence-corrected chi connectivity index (χ1v) is 5.40. The fourth-order valence-corrected chi connectivity index (χ4v) is 2.58. The third-order valence-electron chi connectivity index (χ3n) is 1.51. The molecule has 0 bridgehead atoms. The maximum atomic E-state index is 8.36. The molecule has 1 aliphatic heterocycles. The third kappa shape index (κ3) is 2.41. The molecule has 0 atom stereocenters. The summed E-state index contributed by atoms with van der Waals surface area (Å²) >= 11 is 11.9. The summed E-state index contributed by atoms with van der Waals surface area (Å²) in [5.41, 5.74) is 0. The van der Waals surface area contributed by atoms with Gasteiger partial charge >= 0.3 is 0 Å². The van der Waals surface area contributed by atoms with Crippen LogP contribution in [0, 0.1) is 11.3 Å². The van der Waals surface area contributed by atoms with Crippen LogP contribution in [0.15, 0.2) is 0 Å². The topological polar surface area (TPSA) is 27.0 Å². The Balaban J connectivity index is 2.42. The van der Waals surface area contributed by atoms with Crippen LogP contribution in [0.25, 0.3) is 0 Å². The number of nitrogens with zero attached hydrogens (tertiary/aromatic N) is 2. The van der Waals surface area contributed by atoms with Crippen LogP contribution in [0.4, 0.5) is 0 Å². The normalized spacial score (nSPS) is 16.2. The van der Waals surface area contributed by atoms with Gasteiger partial charge in [-0.2, -0.15) is 5.26 Å². The minimum atomic E-state index is 0.489. The highest BCUT2D eigenvalue weighted by molar-refractivity contribution is 8.23. The minimum Gasteiger partial charge on any atom is -0.321 e. The van der Waals surface area contributed by atoms with Crippen molar-refractivity contribution >= 4 is 45.5 Å². The lowest BCUT2D eigenvalue weighted by Crippen LogP contribution is -2.28. The van der Waals surface area contributed by atoms with Crippen LogP contribution in [0.3, 0.4) is 0 Å². The van der Waals surface area contributed by atoms with E-state index in [4.69, 9.17) is 29.7 Å². The fourth-order valence-electron chi connectivity index (χ4n) is 0.918. The van der Waals surface area contributed by atoms with Gasteiger partial charge in [-0.3, -0.25) is 0 Å². The summed E-state index contributed by atoms with van der Waals surface area (Å²) in [6, 6.07) is 2.07. The molecule has 0 unspecified atom stereocenters. The standard InChI is InChI=1S/C7H8N2S3/c8-3-1-2-6(10)9-4-5-12-7(9)11/h1-2,4-5H2. The molecule has 12 heavy (non-hydrogen) atoms. The van der Waals surface area contributed by atoms with E-state index < -0.39 is 0 Å². The quantitative estimate of drug-likeness (QED) is 0.658. The van der Waals surface area contributed by atoms with Crippen LogP contribution in [0.2, 0.25) is 0 Å². The lowest BCUT2D eigenvalue weighted by molar-refractivity contribution is 0.680. The summed E-state index contributed by atoms with van der Waals surface area (Å²) in [6.07, 6.45) is 1.15. The number of hydrogen-bond acceptors (Lipinski definition) is 4. The van der Waals surface area contributed by atoms with E-state index in [-0.39, 0.29) is 0 Å². The van der Waals surface area contributed by atoms with Crippen molar-refractivity contribution in [3.63, 3.8) is 0 Å². The van der Waals surface area contributed by atoms with Gasteiger partial charge in [0.15, 0.2) is 0 Å². The van der Waals surface area contributed by atoms with Crippen LogP contribution in [-0.4, -0.2) is 26.5 Å². The zero-order chi connectivity index (χ0) is 8.97. The Labute approximate surface area is 86.9 Å². The van der Waals surface area contributed by atoms with Crippen molar-refractivity contribution < 1.29 is 0 Å². The Morgan fingerprint density at radius 2 is 2.50 bits per heavy atom. The van der Waals surface area contributed by atoms with Crippen molar-refractivity contribution in [2.75, 3.05) is 12.3 Å². The molecule has 0 N–H and O–H groups in total. The van der Waals surface area contributed by atoms with Crippen molar-refractivity contribution in [1.82, 2.24) is 4.90 Å². The molecule has 1 rings (SSSR count). The highest BCUT2D eigenvalue weighted by atomic mass is 32.2. The largest absolute Gasteiger partial charge is 0.321 e. The molecule has 2 nitrogen and oxygen atoms in total. The lowest BCUT2D eigenvalue weighted by Gasteiger charge is -2.16. The Morgan fingerprint density at radius 1 is 1.75 bits per heavy atom. The van der Waals surface area contributed by atoms with Gasteiger partial charge in [-0.05, 0) is 0 Å². The highest BCUT2D eigenvalue weighted by Crippen LogP contribution is 2.19. The number of rotatable bonds is 2. The van der Waals surface area contributed by atoms with E-state index in [1.165, 1.54) is 0 Å². The van der Waals surface area contributed by atoms with E-state index in [0.29, 0.717) is 12.8 Å². The van der Waals surface area contributed by atoms with Crippen molar-refractivity contribution in [3.05, 3.63) is 0 Å². The molecular weight excluding hydrogens is 208 g/mol. The second-order valence-corrected chi connectivity index (χ2v) is 4.52. The van der Waals surface area contributed by atoms with Gasteiger partial charge in [0.2, 0.25) is 0 Å². The molecule has 64 valence electrons. The van der Waals surface area contributed by atoms with Crippen molar-refractivity contribution in [1.29, 1.82) is 5.26 Å². The predicted octanol–water partition coefficient (Wildman–Crippen LogP) is 1.95. The summed E-state index contributed by atoms with van der Waals surface area (Å²) in [6.45, 7) is 0.910. The molecule has 1 aliphatic rings. The van der Waals surface area contributed by atoms with Gasteiger partial charge in [0.1, 0.15) is 4.32 Å². The molecule has 0 radical (unpaired) electrons. The number of thiocarbonyl (C=S) groups is 2. The second kappa shape index (κ2) is 4.75. The van der Waals surface area contributed by atoms with Crippen LogP contribution in [0.1, 0.15) is 12.8 Å². The van der Waals surface area contributed by atoms with Gasteiger partial charge in [0, 0.05) is 25.1 Å². The average molecular weight is 216 g/mol. The van der Waals surface area contributed by atoms with Crippen molar-refractivity contribution in [2.45, 2.75) is 12.8 Å². The van der Waals surface area contributed by atoms with E-state index in [0.717, 1.165) is 21.6 Å². The monoisotopic (exact) mass is 216 g/mol. The van der Waals surface area contributed by atoms with Crippen LogP contribution >= 0.6 is 36.2 Å². The highest BCUT2D eigenvalue weighted by Gasteiger charge is 2.20. The maximum absolute atomic E-state index is 8.36. The Morgan fingerprint density at radius 3 is 3.00 bits per heavy atom. The number of thioether (sulfide) groups is 1. The summed E-state index contributed by atoms with van der Waals surface area (Å²) in [4.78, 5) is 2.76. The van der Waals surface area contributed by atoms with E-state index in [2.05, 4.69) is 6.07 Å². The van der Waals surface area contributed by atoms with E-state index in [9.17, 15) is 0 Å². The second-order valence-electron chi connectivity index (χ2n) is 2.32. The third-order valence-corrected chi connectivity index (χ3v) is 3.37. The lowest BCUT2D eigenvalue weighted by atomic mass is 10.3. The molecule has 0 aromatic rings. The van der Waals surface area contributed by atoms with E-state index in [1.54, 1.807) is 11.8 Å². The number of nitriles is 1. The van der Waals surface area contributed by atoms with Crippen LogP contribution < -0.4 is 0 Å². The van der Waals surface area contributed by atoms with Gasteiger partial charge in [-0.25, -0.2) is 0 Å². The molecule has 1 saturated heterocycles. The fraction of sp³-hybridized carbons (Fsp3) is 0.571. The van der Waals surface area contributed by atoms with Crippen LogP contribution in [-0.2, 0) is 0 Å². The SMILES string of the molecule is N#CCCC(=S)N1CCSC1=S. The van der Waals surface area contributed by atoms with Crippen molar-refractivity contribution in [2.24, 2.45) is 0 Å². The Bertz CT molecular complexity index is 244. The van der Waals surface area contributed by atoms with Gasteiger partial charge < -0.3 is 4.90 Å². The molecule has 1 heterocycles. The molecule has 0 amide bonds. The number of hydrogen-bond donors (Lipinski definition) is 0. The Kier molecular flexibility index (Phi) is 3.92. The molecule has 0 saturated carbocycles. The maximum Gasteiger partial charge on any atom is 0.141 e. The first-order valence-electron chi connectivity index (χ1n) is 3.60. The van der Waals surface area contributed by atoms with E-state index in [1.807, 2.05) is 4.90 Å². The average Bonchev–Trinajstić information content (AvgIpc) is 2.47.